The Labute approximate surface area is 474 Å². The Bertz CT molecular complexity index is 3980. The van der Waals surface area contributed by atoms with Crippen LogP contribution in [0.2, 0.25) is 0 Å². The highest BCUT2D eigenvalue weighted by Crippen LogP contribution is 2.63. The fourth-order valence-electron chi connectivity index (χ4n) is 7.86. The number of cyclic esters (lactones) is 3. The van der Waals surface area contributed by atoms with Crippen molar-refractivity contribution in [2.45, 2.75) is 33.4 Å². The summed E-state index contributed by atoms with van der Waals surface area (Å²) < 4.78 is 75.8. The van der Waals surface area contributed by atoms with E-state index in [9.17, 15) is 46.5 Å². The van der Waals surface area contributed by atoms with Gasteiger partial charge < -0.3 is 33.5 Å². The molecule has 0 radical (unpaired) electrons. The van der Waals surface area contributed by atoms with Crippen molar-refractivity contribution in [1.29, 1.82) is 10.5 Å². The summed E-state index contributed by atoms with van der Waals surface area (Å²) in [5.41, 5.74) is 4.44. The molecule has 23 heteroatoms. The van der Waals surface area contributed by atoms with E-state index in [2.05, 4.69) is 14.9 Å². The van der Waals surface area contributed by atoms with Crippen LogP contribution in [0.5, 0.6) is 0 Å². The lowest BCUT2D eigenvalue weighted by Gasteiger charge is -2.19. The molecular formula is C60H53F4N4O14P. The zero-order valence-corrected chi connectivity index (χ0v) is 43.0. The molecular weight excluding hydrogens is 1110 g/mol. The molecule has 83 heavy (non-hydrogen) atoms. The van der Waals surface area contributed by atoms with Gasteiger partial charge in [-0.25, -0.2) is 37.4 Å². The summed E-state index contributed by atoms with van der Waals surface area (Å²) in [7, 11) is -0.916. The molecule has 2 unspecified atom stereocenters. The molecule has 4 heterocycles. The highest BCUT2D eigenvalue weighted by molar-refractivity contribution is 7.54. The van der Waals surface area contributed by atoms with Crippen LogP contribution in [-0.2, 0) is 34.2 Å². The van der Waals surface area contributed by atoms with E-state index in [0.29, 0.717) is 78.6 Å². The number of ether oxygens (including phenoxy) is 3. The van der Waals surface area contributed by atoms with E-state index in [1.165, 1.54) is 56.7 Å². The first kappa shape index (κ1) is 65.3. The standard InChI is InChI=1S/C16H11FN2O3.C16H8FNO2.C10H11O5P.C8H4FNO.C8H6O3.2CH4.FH.2H2/c17-13-6-5-9(7-12(13)16(21)22)8-14-10-3-1-2-4-11(10)15(20)19-18-14;17-14-6-5-10(7-11(14)9-18)8-15-12-3-1-2-4-13(12)16(19)20-15;1-13-16(12,14-2)10-8-6-4-3-5-7(8)9(11)15-10;9-8-2-1-6(5-11)3-7(8)4-10;9-7-5-3-1-2-4-6(5)8(10)11-7;;;;;/h1-7H,8H2,(H,19,20)(H,21,22);1-8H;3-6,10H,1-2H3;1-3,5H;1-4,7,9H;2*1H4;3*1H/i;;;;;;;;1+1;. The lowest BCUT2D eigenvalue weighted by Crippen LogP contribution is -2.11. The van der Waals surface area contributed by atoms with Gasteiger partial charge in [-0.2, -0.15) is 15.6 Å². The maximum absolute atomic E-state index is 13.4. The fraction of sp³-hybridized carbons (Fsp3) is 0.117. The number of halogens is 4. The molecule has 0 saturated heterocycles. The van der Waals surface area contributed by atoms with Crippen LogP contribution in [0.4, 0.5) is 17.9 Å². The minimum Gasteiger partial charge on any atom is -0.478 e. The molecule has 430 valence electrons. The number of hydrogen-bond donors (Lipinski definition) is 3. The van der Waals surface area contributed by atoms with Crippen LogP contribution in [0, 0.1) is 40.1 Å². The number of aromatic amines is 1. The number of carboxylic acids is 1. The van der Waals surface area contributed by atoms with Crippen LogP contribution < -0.4 is 5.56 Å². The first-order valence-electron chi connectivity index (χ1n) is 23.3. The fourth-order valence-corrected chi connectivity index (χ4v) is 9.19. The molecule has 0 fully saturated rings. The van der Waals surface area contributed by atoms with Gasteiger partial charge in [0.1, 0.15) is 41.6 Å². The Balaban J connectivity index is 0.000000366. The maximum Gasteiger partial charge on any atom is 0.375 e. The SMILES string of the molecule is C.C.COP(=O)(OC)C1OC(=O)c2ccccc21.F.N#Cc1cc(C=C2OC(=O)c3ccccc32)ccc1F.N#Cc1cc(C=O)ccc1F.O=C(O)c1cc(Cc2n[nH]c(=O)c3ccccc23)ccc1F.O=C1OC(O)c2ccccc21.[2HH].[HH]. The third kappa shape index (κ3) is 15.2. The highest BCUT2D eigenvalue weighted by atomic mass is 31.2. The monoisotopic (exact) mass is 1160 g/mol. The zero-order chi connectivity index (χ0) is 57.7. The third-order valence-corrected chi connectivity index (χ3v) is 13.8. The van der Waals surface area contributed by atoms with Gasteiger partial charge in [-0.05, 0) is 83.9 Å². The lowest BCUT2D eigenvalue weighted by atomic mass is 10.0. The third-order valence-electron chi connectivity index (χ3n) is 11.8. The van der Waals surface area contributed by atoms with Gasteiger partial charge in [-0.15, -0.1) is 0 Å². The number of aliphatic hydroxyl groups is 1. The minimum atomic E-state index is -3.44. The number of carboxylic acid groups (broad SMARTS) is 1. The molecule has 11 rings (SSSR count). The molecule has 3 aliphatic heterocycles. The summed E-state index contributed by atoms with van der Waals surface area (Å²) >= 11 is 0. The molecule has 0 amide bonds. The Morgan fingerprint density at radius 3 is 1.78 bits per heavy atom. The van der Waals surface area contributed by atoms with E-state index in [1.807, 2.05) is 0 Å². The zero-order valence-electron chi connectivity index (χ0n) is 42.1. The van der Waals surface area contributed by atoms with Crippen molar-refractivity contribution in [3.05, 3.63) is 252 Å². The van der Waals surface area contributed by atoms with Crippen molar-refractivity contribution >= 4 is 60.4 Å². The predicted octanol–water partition coefficient (Wildman–Crippen LogP) is 12.3. The molecule has 0 saturated carbocycles. The number of aromatic carboxylic acids is 1. The first-order valence-corrected chi connectivity index (χ1v) is 24.9. The molecule has 8 aromatic rings. The predicted molar refractivity (Wildman–Crippen MR) is 299 cm³/mol. The Morgan fingerprint density at radius 2 is 1.20 bits per heavy atom. The molecule has 18 nitrogen and oxygen atoms in total. The van der Waals surface area contributed by atoms with Crippen molar-refractivity contribution in [2.75, 3.05) is 14.2 Å². The summed E-state index contributed by atoms with van der Waals surface area (Å²) in [4.78, 5) is 66.9. The van der Waals surface area contributed by atoms with Gasteiger partial charge in [0.15, 0.2) is 0 Å². The number of H-pyrrole nitrogens is 1. The molecule has 0 spiro atoms. The molecule has 0 aliphatic carbocycles. The Kier molecular flexibility index (Phi) is 23.1. The average molecular weight is 1160 g/mol. The summed E-state index contributed by atoms with van der Waals surface area (Å²) in [5, 5.41) is 42.8. The number of aliphatic hydroxyl groups excluding tert-OH is 1. The summed E-state index contributed by atoms with van der Waals surface area (Å²) in [6.07, 6.45) is 1.40. The molecule has 0 bridgehead atoms. The van der Waals surface area contributed by atoms with Gasteiger partial charge in [0.05, 0.1) is 44.5 Å². The molecule has 3 aliphatic rings. The lowest BCUT2D eigenvalue weighted by molar-refractivity contribution is -0.0548. The van der Waals surface area contributed by atoms with Crippen molar-refractivity contribution in [1.82, 2.24) is 10.2 Å². The highest BCUT2D eigenvalue weighted by Gasteiger charge is 2.45. The maximum atomic E-state index is 13.4. The normalized spacial score (nSPS) is 14.1. The van der Waals surface area contributed by atoms with E-state index >= 15 is 0 Å². The number of carbonyl (C=O) groups excluding carboxylic acids is 4. The number of rotatable bonds is 8. The molecule has 3 N–H and O–H groups in total. The molecule has 2 atom stereocenters. The molecule has 7 aromatic carbocycles. The summed E-state index contributed by atoms with van der Waals surface area (Å²) in [5.74, 6) is -5.20. The van der Waals surface area contributed by atoms with Gasteiger partial charge in [0, 0.05) is 51.1 Å². The van der Waals surface area contributed by atoms with Gasteiger partial charge in [0.2, 0.25) is 12.1 Å². The van der Waals surface area contributed by atoms with E-state index in [4.69, 9.17) is 39.3 Å². The number of hydrogen-bond acceptors (Lipinski definition) is 16. The van der Waals surface area contributed by atoms with Crippen LogP contribution >= 0.6 is 7.60 Å². The van der Waals surface area contributed by atoms with Crippen LogP contribution in [0.1, 0.15) is 126 Å². The topological polar surface area (TPSA) is 282 Å². The summed E-state index contributed by atoms with van der Waals surface area (Å²) in [6.45, 7) is 0. The van der Waals surface area contributed by atoms with E-state index in [0.717, 1.165) is 12.1 Å². The second-order valence-electron chi connectivity index (χ2n) is 16.7. The van der Waals surface area contributed by atoms with Crippen molar-refractivity contribution in [2.24, 2.45) is 0 Å². The van der Waals surface area contributed by atoms with E-state index in [1.54, 1.807) is 115 Å². The second kappa shape index (κ2) is 29.3. The molecule has 1 aromatic heterocycles. The quantitative estimate of drug-likeness (QED) is 0.0419. The van der Waals surface area contributed by atoms with Gasteiger partial charge >= 0.3 is 31.5 Å². The van der Waals surface area contributed by atoms with E-state index in [-0.39, 0.29) is 51.1 Å². The number of nitrogens with one attached hydrogen (secondary N) is 1. The average Bonchev–Trinajstić information content (AvgIpc) is 3.87. The first-order chi connectivity index (χ1) is 38.4. The summed E-state index contributed by atoms with van der Waals surface area (Å²) in [6, 6.07) is 42.7. The van der Waals surface area contributed by atoms with Gasteiger partial charge in [-0.3, -0.25) is 18.9 Å². The van der Waals surface area contributed by atoms with E-state index < -0.39 is 61.1 Å². The second-order valence-corrected chi connectivity index (χ2v) is 19.0. The Hall–Kier alpha value is -10.2. The van der Waals surface area contributed by atoms with Crippen molar-refractivity contribution in [3.63, 3.8) is 0 Å². The number of fused-ring (bicyclic) bond motifs is 4. The van der Waals surface area contributed by atoms with Crippen LogP contribution in [0.3, 0.4) is 0 Å². The number of carbonyl (C=O) groups is 5. The van der Waals surface area contributed by atoms with Crippen molar-refractivity contribution < 1.29 is 82.7 Å². The number of benzene rings is 7. The number of nitriles is 2. The van der Waals surface area contributed by atoms with Crippen LogP contribution in [0.25, 0.3) is 22.6 Å². The number of aldehydes is 1. The smallest absolute Gasteiger partial charge is 0.375 e. The Morgan fingerprint density at radius 1 is 0.699 bits per heavy atom. The largest absolute Gasteiger partial charge is 0.478 e. The van der Waals surface area contributed by atoms with Crippen LogP contribution in [-0.4, -0.2) is 64.8 Å². The number of nitrogens with zero attached hydrogens (tertiary/aromatic N) is 3. The number of esters is 3. The van der Waals surface area contributed by atoms with Gasteiger partial charge in [0.25, 0.3) is 5.56 Å². The minimum absolute atomic E-state index is 0. The van der Waals surface area contributed by atoms with Crippen molar-refractivity contribution in [3.8, 4) is 12.1 Å². The number of aromatic nitrogens is 2. The van der Waals surface area contributed by atoms with Gasteiger partial charge in [-0.1, -0.05) is 99.8 Å². The van der Waals surface area contributed by atoms with Crippen LogP contribution in [0.15, 0.2) is 156 Å².